The van der Waals surface area contributed by atoms with Gasteiger partial charge in [-0.3, -0.25) is 9.10 Å². The van der Waals surface area contributed by atoms with Crippen molar-refractivity contribution in [2.75, 3.05) is 24.2 Å². The molecule has 1 N–H and O–H groups in total. The highest BCUT2D eigenvalue weighted by Crippen LogP contribution is 2.41. The number of sulfonamides is 1. The normalized spacial score (nSPS) is 11.5. The largest absolute Gasteiger partial charge is 0.455 e. The molecule has 0 saturated heterocycles. The second kappa shape index (κ2) is 12.0. The van der Waals surface area contributed by atoms with E-state index in [1.165, 1.54) is 35.3 Å². The molecule has 0 radical (unpaired) electrons. The van der Waals surface area contributed by atoms with Crippen molar-refractivity contribution in [2.45, 2.75) is 19.3 Å². The Bertz CT molecular complexity index is 1770. The Labute approximate surface area is 239 Å². The summed E-state index contributed by atoms with van der Waals surface area (Å²) in [4.78, 5) is 13.1. The van der Waals surface area contributed by atoms with E-state index < -0.39 is 15.8 Å². The van der Waals surface area contributed by atoms with Gasteiger partial charge < -0.3 is 9.73 Å². The monoisotopic (exact) mass is 570 g/mol. The molecule has 41 heavy (non-hydrogen) atoms. The lowest BCUT2D eigenvalue weighted by atomic mass is 9.98. The fourth-order valence-corrected chi connectivity index (χ4v) is 6.01. The van der Waals surface area contributed by atoms with Crippen LogP contribution in [-0.4, -0.2) is 34.2 Å². The van der Waals surface area contributed by atoms with E-state index in [0.29, 0.717) is 39.8 Å². The molecule has 1 aromatic heterocycles. The lowest BCUT2D eigenvalue weighted by molar-refractivity contribution is 0.0964. The summed E-state index contributed by atoms with van der Waals surface area (Å²) in [6.45, 7) is 0.283. The summed E-state index contributed by atoms with van der Waals surface area (Å²) in [5.74, 6) is -0.490. The molecule has 0 unspecified atom stereocenters. The predicted octanol–water partition coefficient (Wildman–Crippen LogP) is 7.05. The van der Waals surface area contributed by atoms with Crippen LogP contribution in [-0.2, 0) is 16.4 Å². The Hall–Kier alpha value is -4.43. The summed E-state index contributed by atoms with van der Waals surface area (Å²) in [7, 11) is -2.14. The summed E-state index contributed by atoms with van der Waals surface area (Å²) >= 11 is 0. The number of unbranched alkanes of at least 4 members (excludes halogenated alkanes) is 1. The SMILES string of the molecule is CNC(=O)c1c(-c2ccc(F)cc2)oc2cc(N(CCCCc3ccccc3)S(C)(=O)=O)c(-c3ccccc3)cc12. The highest BCUT2D eigenvalue weighted by Gasteiger charge is 2.27. The van der Waals surface area contributed by atoms with E-state index in [2.05, 4.69) is 17.4 Å². The van der Waals surface area contributed by atoms with Gasteiger partial charge in [0.05, 0.1) is 17.5 Å². The van der Waals surface area contributed by atoms with E-state index in [-0.39, 0.29) is 18.2 Å². The molecule has 6 nitrogen and oxygen atoms in total. The first-order valence-electron chi connectivity index (χ1n) is 13.4. The van der Waals surface area contributed by atoms with E-state index in [9.17, 15) is 17.6 Å². The Morgan fingerprint density at radius 1 is 0.878 bits per heavy atom. The fraction of sp³-hybridized carbons (Fsp3) is 0.182. The van der Waals surface area contributed by atoms with Crippen molar-refractivity contribution in [3.63, 3.8) is 0 Å². The maximum Gasteiger partial charge on any atom is 0.255 e. The maximum atomic E-state index is 13.7. The molecule has 210 valence electrons. The Balaban J connectivity index is 1.64. The van der Waals surface area contributed by atoms with Gasteiger partial charge >= 0.3 is 0 Å². The number of aryl methyl sites for hydroxylation is 1. The smallest absolute Gasteiger partial charge is 0.255 e. The van der Waals surface area contributed by atoms with Crippen LogP contribution in [0.1, 0.15) is 28.8 Å². The predicted molar refractivity (Wildman–Crippen MR) is 162 cm³/mol. The molecule has 0 bridgehead atoms. The van der Waals surface area contributed by atoms with Crippen molar-refractivity contribution >= 4 is 32.6 Å². The van der Waals surface area contributed by atoms with Crippen molar-refractivity contribution in [3.8, 4) is 22.5 Å². The van der Waals surface area contributed by atoms with Gasteiger partial charge in [0.15, 0.2) is 0 Å². The number of nitrogens with zero attached hydrogens (tertiary/aromatic N) is 1. The van der Waals surface area contributed by atoms with Gasteiger partial charge in [-0.15, -0.1) is 0 Å². The Kier molecular flexibility index (Phi) is 8.21. The van der Waals surface area contributed by atoms with E-state index >= 15 is 0 Å². The first-order valence-corrected chi connectivity index (χ1v) is 15.3. The molecule has 0 aliphatic heterocycles. The van der Waals surface area contributed by atoms with Gasteiger partial charge in [0.2, 0.25) is 10.0 Å². The molecule has 0 aliphatic carbocycles. The molecule has 5 rings (SSSR count). The van der Waals surface area contributed by atoms with Crippen LogP contribution >= 0.6 is 0 Å². The molecule has 0 fully saturated rings. The fourth-order valence-electron chi connectivity index (χ4n) is 5.04. The van der Waals surface area contributed by atoms with Gasteiger partial charge in [-0.05, 0) is 60.7 Å². The van der Waals surface area contributed by atoms with Gasteiger partial charge in [-0.1, -0.05) is 60.7 Å². The minimum absolute atomic E-state index is 0.282. The number of carbonyl (C=O) groups is 1. The highest BCUT2D eigenvalue weighted by atomic mass is 32.2. The van der Waals surface area contributed by atoms with Gasteiger partial charge in [0.1, 0.15) is 17.2 Å². The number of fused-ring (bicyclic) bond motifs is 1. The first-order chi connectivity index (χ1) is 19.8. The van der Waals surface area contributed by atoms with Gasteiger partial charge in [0, 0.05) is 36.2 Å². The Morgan fingerprint density at radius 3 is 2.17 bits per heavy atom. The van der Waals surface area contributed by atoms with Crippen molar-refractivity contribution < 1.29 is 22.0 Å². The van der Waals surface area contributed by atoms with Crippen molar-refractivity contribution in [1.82, 2.24) is 5.32 Å². The highest BCUT2D eigenvalue weighted by molar-refractivity contribution is 7.92. The molecular weight excluding hydrogens is 539 g/mol. The summed E-state index contributed by atoms with van der Waals surface area (Å²) in [5.41, 5.74) is 4.31. The number of halogens is 1. The molecule has 0 aliphatic rings. The van der Waals surface area contributed by atoms with Crippen LogP contribution in [0.4, 0.5) is 10.1 Å². The first kappa shape index (κ1) is 28.1. The zero-order valence-electron chi connectivity index (χ0n) is 22.9. The van der Waals surface area contributed by atoms with Crippen LogP contribution in [0.3, 0.4) is 0 Å². The Morgan fingerprint density at radius 2 is 1.54 bits per heavy atom. The van der Waals surface area contributed by atoms with E-state index in [0.717, 1.165) is 18.4 Å². The number of hydrogen-bond donors (Lipinski definition) is 1. The summed E-state index contributed by atoms with van der Waals surface area (Å²) in [6, 6.07) is 28.8. The van der Waals surface area contributed by atoms with Crippen molar-refractivity contribution in [1.29, 1.82) is 0 Å². The third-order valence-electron chi connectivity index (χ3n) is 7.04. The zero-order valence-corrected chi connectivity index (χ0v) is 23.7. The van der Waals surface area contributed by atoms with E-state index in [1.54, 1.807) is 18.2 Å². The summed E-state index contributed by atoms with van der Waals surface area (Å²) in [5, 5.41) is 3.20. The lowest BCUT2D eigenvalue weighted by Gasteiger charge is -2.25. The quantitative estimate of drug-likeness (QED) is 0.182. The average Bonchev–Trinajstić information content (AvgIpc) is 3.35. The third-order valence-corrected chi connectivity index (χ3v) is 8.22. The maximum absolute atomic E-state index is 13.7. The van der Waals surface area contributed by atoms with Gasteiger partial charge in [-0.2, -0.15) is 0 Å². The minimum Gasteiger partial charge on any atom is -0.455 e. The van der Waals surface area contributed by atoms with Crippen molar-refractivity contribution in [3.05, 3.63) is 114 Å². The molecule has 1 heterocycles. The number of nitrogens with one attached hydrogen (secondary N) is 1. The number of amides is 1. The standard InChI is InChI=1S/C33H31FN2O4S/c1-35-33(37)31-28-21-27(24-14-7-4-8-15-24)29(22-30(28)40-32(31)25-16-18-26(34)19-17-25)36(41(2,38)39)20-10-9-13-23-11-5-3-6-12-23/h3-8,11-12,14-19,21-22H,9-10,13,20H2,1-2H3,(H,35,37). The van der Waals surface area contributed by atoms with E-state index in [4.69, 9.17) is 4.42 Å². The zero-order chi connectivity index (χ0) is 29.0. The molecule has 0 atom stereocenters. The molecule has 5 aromatic rings. The van der Waals surface area contributed by atoms with Gasteiger partial charge in [0.25, 0.3) is 5.91 Å². The number of benzene rings is 4. The van der Waals surface area contributed by atoms with Crippen LogP contribution in [0, 0.1) is 5.82 Å². The van der Waals surface area contributed by atoms with E-state index in [1.807, 2.05) is 54.6 Å². The van der Waals surface area contributed by atoms with Crippen LogP contribution in [0.2, 0.25) is 0 Å². The number of rotatable bonds is 10. The molecular formula is C33H31FN2O4S. The summed E-state index contributed by atoms with van der Waals surface area (Å²) in [6.07, 6.45) is 3.51. The molecule has 4 aromatic carbocycles. The van der Waals surface area contributed by atoms with Crippen LogP contribution in [0.5, 0.6) is 0 Å². The van der Waals surface area contributed by atoms with Crippen LogP contribution < -0.4 is 9.62 Å². The number of carbonyl (C=O) groups excluding carboxylic acids is 1. The van der Waals surface area contributed by atoms with Gasteiger partial charge in [-0.25, -0.2) is 12.8 Å². The minimum atomic E-state index is -3.67. The second-order valence-electron chi connectivity index (χ2n) is 9.90. The second-order valence-corrected chi connectivity index (χ2v) is 11.8. The van der Waals surface area contributed by atoms with Crippen LogP contribution in [0.25, 0.3) is 33.4 Å². The molecule has 0 saturated carbocycles. The molecule has 8 heteroatoms. The van der Waals surface area contributed by atoms with Crippen molar-refractivity contribution in [2.24, 2.45) is 0 Å². The van der Waals surface area contributed by atoms with Crippen LogP contribution in [0.15, 0.2) is 101 Å². The third kappa shape index (κ3) is 6.18. The number of anilines is 1. The average molecular weight is 571 g/mol. The molecule has 0 spiro atoms. The molecule has 1 amide bonds. The summed E-state index contributed by atoms with van der Waals surface area (Å²) < 4.78 is 47.7. The number of hydrogen-bond acceptors (Lipinski definition) is 4. The number of furan rings is 1. The topological polar surface area (TPSA) is 79.6 Å². The lowest BCUT2D eigenvalue weighted by Crippen LogP contribution is -2.31.